The molecule has 0 amide bonds. The molecule has 10 heteroatoms. The molecule has 0 aliphatic carbocycles. The quantitative estimate of drug-likeness (QED) is 0.0673. The van der Waals surface area contributed by atoms with E-state index in [2.05, 4.69) is 41.5 Å². The molecule has 0 aromatic carbocycles. The summed E-state index contributed by atoms with van der Waals surface area (Å²) in [4.78, 5) is 0. The summed E-state index contributed by atoms with van der Waals surface area (Å²) in [6.07, 6.45) is 17.2. The van der Waals surface area contributed by atoms with Crippen LogP contribution in [-0.2, 0) is 27.2 Å². The van der Waals surface area contributed by atoms with Gasteiger partial charge in [0.05, 0.1) is 0 Å². The molecule has 6 nitrogen and oxygen atoms in total. The SMILES string of the molecule is CCCCCCC(C)O[P+](=O)OCC(CC)CCCC.CCCCO[P+](=O)OCC(CC)CCCC.[Nd].[Nd]. The van der Waals surface area contributed by atoms with Gasteiger partial charge in [-0.2, -0.15) is 0 Å². The molecule has 224 valence electrons. The summed E-state index contributed by atoms with van der Waals surface area (Å²) < 4.78 is 44.1. The summed E-state index contributed by atoms with van der Waals surface area (Å²) in [5.74, 6) is 1.03. The second-order valence-corrected chi connectivity index (χ2v) is 11.7. The van der Waals surface area contributed by atoms with Gasteiger partial charge in [0, 0.05) is 90.8 Å². The van der Waals surface area contributed by atoms with Crippen molar-refractivity contribution in [3.63, 3.8) is 0 Å². The summed E-state index contributed by atoms with van der Waals surface area (Å²) in [5, 5.41) is 0. The first-order valence-electron chi connectivity index (χ1n) is 14.9. The van der Waals surface area contributed by atoms with Crippen LogP contribution >= 0.6 is 16.5 Å². The molecule has 0 bridgehead atoms. The first-order chi connectivity index (χ1) is 17.4. The van der Waals surface area contributed by atoms with Crippen molar-refractivity contribution in [3.05, 3.63) is 0 Å². The second kappa shape index (κ2) is 37.8. The minimum atomic E-state index is -1.95. The molecule has 0 spiro atoms. The third-order valence-corrected chi connectivity index (χ3v) is 7.99. The molecule has 0 radical (unpaired) electrons. The second-order valence-electron chi connectivity index (χ2n) is 9.82. The van der Waals surface area contributed by atoms with E-state index in [1.54, 1.807) is 0 Å². The van der Waals surface area contributed by atoms with E-state index in [4.69, 9.17) is 18.1 Å². The number of hydrogen-bond acceptors (Lipinski definition) is 6. The zero-order chi connectivity index (χ0) is 27.4. The largest absolute Gasteiger partial charge is 0.697 e. The Bertz CT molecular complexity index is 504. The number of hydrogen-bond donors (Lipinski definition) is 0. The Morgan fingerprint density at radius 2 is 1.03 bits per heavy atom. The fraction of sp³-hybridized carbons (Fsp3) is 1.00. The first kappa shape index (κ1) is 47.7. The van der Waals surface area contributed by atoms with Gasteiger partial charge in [-0.3, -0.25) is 0 Å². The minimum Gasteiger partial charge on any atom is -0.119 e. The van der Waals surface area contributed by atoms with Gasteiger partial charge in [-0.25, -0.2) is 0 Å². The van der Waals surface area contributed by atoms with Gasteiger partial charge in [-0.05, 0) is 44.4 Å². The summed E-state index contributed by atoms with van der Waals surface area (Å²) in [6.45, 7) is 16.6. The fourth-order valence-electron chi connectivity index (χ4n) is 3.54. The first-order valence-corrected chi connectivity index (χ1v) is 17.1. The van der Waals surface area contributed by atoms with Crippen LogP contribution < -0.4 is 0 Å². The third kappa shape index (κ3) is 34.9. The number of unbranched alkanes of at least 4 members (excludes halogenated alkanes) is 6. The van der Waals surface area contributed by atoms with Gasteiger partial charge >= 0.3 is 16.5 Å². The van der Waals surface area contributed by atoms with Gasteiger partial charge in [-0.1, -0.05) is 112 Å². The molecule has 0 saturated carbocycles. The van der Waals surface area contributed by atoms with Crippen LogP contribution in [0.2, 0.25) is 0 Å². The molecule has 5 unspecified atom stereocenters. The monoisotopic (exact) mass is 838 g/mol. The normalized spacial score (nSPS) is 13.8. The molecule has 0 heterocycles. The predicted octanol–water partition coefficient (Wildman–Crippen LogP) is 10.9. The van der Waals surface area contributed by atoms with E-state index in [0.29, 0.717) is 31.7 Å². The van der Waals surface area contributed by atoms with Crippen LogP contribution in [0.4, 0.5) is 0 Å². The topological polar surface area (TPSA) is 71.1 Å². The third-order valence-electron chi connectivity index (χ3n) is 6.34. The maximum Gasteiger partial charge on any atom is 0.697 e. The maximum atomic E-state index is 11.7. The molecule has 0 aromatic heterocycles. The van der Waals surface area contributed by atoms with Crippen LogP contribution in [-0.4, -0.2) is 25.9 Å². The molecule has 0 aromatic rings. The van der Waals surface area contributed by atoms with E-state index in [1.807, 2.05) is 6.92 Å². The smallest absolute Gasteiger partial charge is 0.119 e. The standard InChI is InChI=1S/C16H34O3P.C12H26O3P.2Nd/c1-5-8-10-11-12-15(4)19-20(17)18-14-16(7-3)13-9-6-2;1-4-7-9-12(6-3)11-15-16(13)14-10-8-5-2;;/h15-16H,5-14H2,1-4H3;12H,4-11H2,1-3H3;;/q2*+1;;. The molecule has 0 fully saturated rings. The van der Waals surface area contributed by atoms with Gasteiger partial charge < -0.3 is 0 Å². The molecular formula is C28H60Nd2O6P2+2. The zero-order valence-electron chi connectivity index (χ0n) is 25.8. The van der Waals surface area contributed by atoms with Gasteiger partial charge in [-0.15, -0.1) is 18.1 Å². The van der Waals surface area contributed by atoms with Crippen LogP contribution in [0.15, 0.2) is 0 Å². The van der Waals surface area contributed by atoms with Crippen molar-refractivity contribution in [2.24, 2.45) is 11.8 Å². The molecule has 0 aliphatic rings. The van der Waals surface area contributed by atoms with Crippen LogP contribution in [0.3, 0.4) is 0 Å². The van der Waals surface area contributed by atoms with E-state index in [-0.39, 0.29) is 87.8 Å². The fourth-order valence-corrected chi connectivity index (χ4v) is 5.02. The van der Waals surface area contributed by atoms with E-state index < -0.39 is 16.5 Å². The van der Waals surface area contributed by atoms with Gasteiger partial charge in [0.15, 0.2) is 0 Å². The van der Waals surface area contributed by atoms with Gasteiger partial charge in [0.2, 0.25) is 0 Å². The average molecular weight is 843 g/mol. The van der Waals surface area contributed by atoms with Crippen molar-refractivity contribution >= 4 is 16.5 Å². The summed E-state index contributed by atoms with van der Waals surface area (Å²) in [6, 6.07) is 0. The molecule has 0 saturated heterocycles. The molecule has 0 aliphatic heterocycles. The molecule has 5 atom stereocenters. The molecular weight excluding hydrogens is 783 g/mol. The predicted molar refractivity (Wildman–Crippen MR) is 154 cm³/mol. The van der Waals surface area contributed by atoms with Crippen molar-refractivity contribution in [3.8, 4) is 0 Å². The Balaban J connectivity index is -0.000000295. The van der Waals surface area contributed by atoms with Crippen molar-refractivity contribution in [2.45, 2.75) is 151 Å². The molecule has 38 heavy (non-hydrogen) atoms. The van der Waals surface area contributed by atoms with Gasteiger partial charge in [0.1, 0.15) is 25.9 Å². The van der Waals surface area contributed by atoms with Crippen molar-refractivity contribution < 1.29 is 109 Å². The maximum absolute atomic E-state index is 11.7. The van der Waals surface area contributed by atoms with Crippen LogP contribution in [0, 0.1) is 93.5 Å². The number of rotatable bonds is 25. The summed E-state index contributed by atoms with van der Waals surface area (Å²) in [7, 11) is -3.84. The summed E-state index contributed by atoms with van der Waals surface area (Å²) >= 11 is 0. The minimum absolute atomic E-state index is 0. The Morgan fingerprint density at radius 3 is 1.47 bits per heavy atom. The van der Waals surface area contributed by atoms with Crippen molar-refractivity contribution in [1.29, 1.82) is 0 Å². The Hall–Kier alpha value is 2.74. The summed E-state index contributed by atoms with van der Waals surface area (Å²) in [5.41, 5.74) is 0. The van der Waals surface area contributed by atoms with E-state index in [9.17, 15) is 9.13 Å². The van der Waals surface area contributed by atoms with Crippen LogP contribution in [0.1, 0.15) is 145 Å². The Morgan fingerprint density at radius 1 is 0.553 bits per heavy atom. The Kier molecular flexibility index (Phi) is 47.4. The van der Waals surface area contributed by atoms with E-state index in [1.165, 1.54) is 44.9 Å². The van der Waals surface area contributed by atoms with Crippen LogP contribution in [0.5, 0.6) is 0 Å². The van der Waals surface area contributed by atoms with E-state index >= 15 is 0 Å². The van der Waals surface area contributed by atoms with Gasteiger partial charge in [0.25, 0.3) is 0 Å². The average Bonchev–Trinajstić information content (AvgIpc) is 2.87. The van der Waals surface area contributed by atoms with E-state index in [0.717, 1.165) is 51.4 Å². The zero-order valence-corrected chi connectivity index (χ0v) is 34.0. The van der Waals surface area contributed by atoms with Crippen molar-refractivity contribution in [2.75, 3.05) is 19.8 Å². The molecule has 0 rings (SSSR count). The van der Waals surface area contributed by atoms with Crippen molar-refractivity contribution in [1.82, 2.24) is 0 Å². The Labute approximate surface area is 304 Å². The van der Waals surface area contributed by atoms with Crippen LogP contribution in [0.25, 0.3) is 0 Å². The molecule has 0 N–H and O–H groups in total.